The van der Waals surface area contributed by atoms with E-state index < -0.39 is 0 Å². The number of amides is 1. The normalized spacial score (nSPS) is 11.3. The summed E-state index contributed by atoms with van der Waals surface area (Å²) in [5, 5.41) is 3.73. The Kier molecular flexibility index (Phi) is 4.63. The number of aryl methyl sites for hydroxylation is 2. The first-order valence-electron chi connectivity index (χ1n) is 9.70. The Balaban J connectivity index is 1.53. The molecule has 0 radical (unpaired) electrons. The van der Waals surface area contributed by atoms with Gasteiger partial charge in [0, 0.05) is 16.6 Å². The van der Waals surface area contributed by atoms with Gasteiger partial charge in [0.25, 0.3) is 11.5 Å². The van der Waals surface area contributed by atoms with Crippen LogP contribution in [0.1, 0.15) is 27.4 Å². The molecule has 0 spiro atoms. The molecule has 7 nitrogen and oxygen atoms in total. The van der Waals surface area contributed by atoms with Crippen LogP contribution in [0.2, 0.25) is 0 Å². The van der Waals surface area contributed by atoms with Crippen molar-refractivity contribution in [1.82, 2.24) is 19.9 Å². The molecule has 8 heteroatoms. The molecule has 31 heavy (non-hydrogen) atoms. The number of thiophene rings is 1. The highest BCUT2D eigenvalue weighted by molar-refractivity contribution is 7.25. The summed E-state index contributed by atoms with van der Waals surface area (Å²) in [5.74, 6) is 0.414. The van der Waals surface area contributed by atoms with Crippen LogP contribution in [0.5, 0.6) is 0 Å². The van der Waals surface area contributed by atoms with Crippen molar-refractivity contribution >= 4 is 37.7 Å². The number of rotatable bonds is 4. The highest BCUT2D eigenvalue weighted by atomic mass is 32.1. The molecule has 0 unspecified atom stereocenters. The third-order valence-corrected chi connectivity index (χ3v) is 6.13. The molecule has 1 amide bonds. The Bertz CT molecular complexity index is 1500. The summed E-state index contributed by atoms with van der Waals surface area (Å²) < 4.78 is 7.25. The minimum atomic E-state index is -0.252. The first-order valence-corrected chi connectivity index (χ1v) is 10.5. The van der Waals surface area contributed by atoms with Crippen LogP contribution in [-0.2, 0) is 6.54 Å². The predicted octanol–water partition coefficient (Wildman–Crippen LogP) is 4.14. The van der Waals surface area contributed by atoms with E-state index in [9.17, 15) is 9.59 Å². The van der Waals surface area contributed by atoms with Crippen molar-refractivity contribution in [2.75, 3.05) is 0 Å². The molecule has 0 atom stereocenters. The number of carbonyl (C=O) groups is 1. The second-order valence-electron chi connectivity index (χ2n) is 7.27. The van der Waals surface area contributed by atoms with Gasteiger partial charge in [0.2, 0.25) is 0 Å². The summed E-state index contributed by atoms with van der Waals surface area (Å²) in [6.45, 7) is 4.23. The Labute approximate surface area is 181 Å². The number of benzene rings is 1. The van der Waals surface area contributed by atoms with Crippen LogP contribution in [-0.4, -0.2) is 20.4 Å². The van der Waals surface area contributed by atoms with E-state index in [1.54, 1.807) is 42.7 Å². The van der Waals surface area contributed by atoms with Gasteiger partial charge in [-0.1, -0.05) is 6.07 Å². The molecule has 154 valence electrons. The van der Waals surface area contributed by atoms with E-state index in [1.165, 1.54) is 22.2 Å². The topological polar surface area (TPSA) is 90.0 Å². The molecule has 5 aromatic rings. The standard InChI is InChI=1S/C23H18N4O3S/c1-13-9-14(2)26-22-18(13)19-20(31-22)23(29)27(12-25-19)16-6-3-5-15(10-16)21(28)24-11-17-7-4-8-30-17/h3-10,12H,11H2,1-2H3,(H,24,28). The fraction of sp³-hybridized carbons (Fsp3) is 0.130. The molecule has 0 fully saturated rings. The number of carbonyl (C=O) groups excluding carboxylic acids is 1. The first kappa shape index (κ1) is 19.2. The SMILES string of the molecule is Cc1cc(C)c2c(n1)sc1c(=O)n(-c3cccc(C(=O)NCc4ccco4)c3)cnc12. The van der Waals surface area contributed by atoms with E-state index >= 15 is 0 Å². The monoisotopic (exact) mass is 430 g/mol. The number of hydrogen-bond acceptors (Lipinski definition) is 6. The van der Waals surface area contributed by atoms with Crippen molar-refractivity contribution in [1.29, 1.82) is 0 Å². The lowest BCUT2D eigenvalue weighted by molar-refractivity contribution is 0.0948. The van der Waals surface area contributed by atoms with Gasteiger partial charge in [0.05, 0.1) is 24.0 Å². The average Bonchev–Trinajstić information content (AvgIpc) is 3.40. The summed E-state index contributed by atoms with van der Waals surface area (Å²) in [6, 6.07) is 12.4. The van der Waals surface area contributed by atoms with Gasteiger partial charge in [-0.3, -0.25) is 14.2 Å². The molecular weight excluding hydrogens is 412 g/mol. The number of aromatic nitrogens is 3. The molecule has 5 rings (SSSR count). The fourth-order valence-electron chi connectivity index (χ4n) is 3.63. The fourth-order valence-corrected chi connectivity index (χ4v) is 4.81. The van der Waals surface area contributed by atoms with Gasteiger partial charge in [-0.2, -0.15) is 0 Å². The molecule has 0 aliphatic rings. The number of nitrogens with zero attached hydrogens (tertiary/aromatic N) is 3. The van der Waals surface area contributed by atoms with Gasteiger partial charge in [-0.25, -0.2) is 9.97 Å². The second-order valence-corrected chi connectivity index (χ2v) is 8.27. The van der Waals surface area contributed by atoms with Crippen LogP contribution in [0, 0.1) is 13.8 Å². The third-order valence-electron chi connectivity index (χ3n) is 5.07. The Morgan fingerprint density at radius 1 is 1.19 bits per heavy atom. The van der Waals surface area contributed by atoms with Crippen LogP contribution in [0.3, 0.4) is 0 Å². The largest absolute Gasteiger partial charge is 0.467 e. The summed E-state index contributed by atoms with van der Waals surface area (Å²) in [7, 11) is 0. The zero-order valence-electron chi connectivity index (χ0n) is 16.9. The Morgan fingerprint density at radius 2 is 2.06 bits per heavy atom. The summed E-state index contributed by atoms with van der Waals surface area (Å²) >= 11 is 1.35. The molecule has 0 bridgehead atoms. The molecule has 4 aromatic heterocycles. The predicted molar refractivity (Wildman–Crippen MR) is 120 cm³/mol. The van der Waals surface area contributed by atoms with Crippen molar-refractivity contribution in [3.05, 3.63) is 88.0 Å². The third kappa shape index (κ3) is 3.40. The molecular formula is C23H18N4O3S. The number of furan rings is 1. The van der Waals surface area contributed by atoms with Gasteiger partial charge < -0.3 is 9.73 Å². The van der Waals surface area contributed by atoms with Gasteiger partial charge in [-0.15, -0.1) is 11.3 Å². The van der Waals surface area contributed by atoms with Gasteiger partial charge >= 0.3 is 0 Å². The van der Waals surface area contributed by atoms with Crippen molar-refractivity contribution in [3.63, 3.8) is 0 Å². The smallest absolute Gasteiger partial charge is 0.275 e. The van der Waals surface area contributed by atoms with Crippen molar-refractivity contribution < 1.29 is 9.21 Å². The summed E-state index contributed by atoms with van der Waals surface area (Å²) in [5.41, 5.74) is 3.46. The van der Waals surface area contributed by atoms with Crippen LogP contribution in [0.4, 0.5) is 0 Å². The summed E-state index contributed by atoms with van der Waals surface area (Å²) in [4.78, 5) is 35.7. The zero-order chi connectivity index (χ0) is 21.5. The quantitative estimate of drug-likeness (QED) is 0.463. The highest BCUT2D eigenvalue weighted by Gasteiger charge is 2.16. The van der Waals surface area contributed by atoms with Crippen LogP contribution < -0.4 is 10.9 Å². The molecule has 4 heterocycles. The molecule has 1 aromatic carbocycles. The Morgan fingerprint density at radius 3 is 2.87 bits per heavy atom. The van der Waals surface area contributed by atoms with Gasteiger partial charge in [0.15, 0.2) is 0 Å². The maximum atomic E-state index is 13.2. The van der Waals surface area contributed by atoms with E-state index in [2.05, 4.69) is 15.3 Å². The lowest BCUT2D eigenvalue weighted by atomic mass is 10.1. The minimum absolute atomic E-state index is 0.182. The molecule has 0 saturated heterocycles. The molecule has 0 aliphatic heterocycles. The summed E-state index contributed by atoms with van der Waals surface area (Å²) in [6.07, 6.45) is 3.07. The lowest BCUT2D eigenvalue weighted by Gasteiger charge is -2.08. The number of hydrogen-bond donors (Lipinski definition) is 1. The van der Waals surface area contributed by atoms with Crippen LogP contribution in [0.15, 0.2) is 64.3 Å². The van der Waals surface area contributed by atoms with Gasteiger partial charge in [0.1, 0.15) is 21.6 Å². The highest BCUT2D eigenvalue weighted by Crippen LogP contribution is 2.31. The number of pyridine rings is 1. The van der Waals surface area contributed by atoms with E-state index in [1.807, 2.05) is 19.9 Å². The minimum Gasteiger partial charge on any atom is -0.467 e. The first-order chi connectivity index (χ1) is 15.0. The lowest BCUT2D eigenvalue weighted by Crippen LogP contribution is -2.23. The van der Waals surface area contributed by atoms with Crippen molar-refractivity contribution in [3.8, 4) is 5.69 Å². The van der Waals surface area contributed by atoms with E-state index in [-0.39, 0.29) is 18.0 Å². The van der Waals surface area contributed by atoms with Crippen LogP contribution in [0.25, 0.3) is 26.1 Å². The zero-order valence-corrected chi connectivity index (χ0v) is 17.7. The molecule has 0 saturated carbocycles. The molecule has 0 aliphatic carbocycles. The van der Waals surface area contributed by atoms with Gasteiger partial charge in [-0.05, 0) is 55.8 Å². The van der Waals surface area contributed by atoms with E-state index in [0.29, 0.717) is 27.2 Å². The van der Waals surface area contributed by atoms with Crippen LogP contribution >= 0.6 is 11.3 Å². The van der Waals surface area contributed by atoms with Crippen molar-refractivity contribution in [2.45, 2.75) is 20.4 Å². The Hall–Kier alpha value is -3.78. The number of nitrogens with one attached hydrogen (secondary N) is 1. The number of fused-ring (bicyclic) bond motifs is 3. The van der Waals surface area contributed by atoms with Crippen molar-refractivity contribution in [2.24, 2.45) is 0 Å². The molecule has 1 N–H and O–H groups in total. The second kappa shape index (κ2) is 7.48. The van der Waals surface area contributed by atoms with E-state index in [0.717, 1.165) is 21.5 Å². The average molecular weight is 430 g/mol. The maximum Gasteiger partial charge on any atom is 0.275 e. The van der Waals surface area contributed by atoms with E-state index in [4.69, 9.17) is 4.42 Å². The maximum absolute atomic E-state index is 13.2.